The molecule has 3 aromatic rings. The quantitative estimate of drug-likeness (QED) is 0.643. The fourth-order valence-electron chi connectivity index (χ4n) is 3.21. The molecule has 1 N–H and O–H groups in total. The molecule has 0 bridgehead atoms. The maximum atomic E-state index is 13.0. The minimum atomic E-state index is -3.35. The van der Waals surface area contributed by atoms with E-state index in [0.717, 1.165) is 11.8 Å². The Morgan fingerprint density at radius 1 is 1.11 bits per heavy atom. The number of nitrogens with one attached hydrogen (secondary N) is 1. The first-order valence-electron chi connectivity index (χ1n) is 8.80. The van der Waals surface area contributed by atoms with Crippen LogP contribution in [0, 0.1) is 0 Å². The molecule has 148 valence electrons. The molecule has 0 unspecified atom stereocenters. The van der Waals surface area contributed by atoms with Crippen LogP contribution in [0.25, 0.3) is 11.0 Å². The lowest BCUT2D eigenvalue weighted by molar-refractivity contribution is 0.0885. The molecule has 1 aromatic heterocycles. The molecule has 0 aliphatic rings. The van der Waals surface area contributed by atoms with Crippen molar-refractivity contribution in [2.45, 2.75) is 31.6 Å². The van der Waals surface area contributed by atoms with E-state index in [9.17, 15) is 13.2 Å². The topological polar surface area (TPSA) is 76.4 Å². The SMILES string of the molecule is CC(C)(Cc1ccccc1Cl)NC(=O)c1oc2ccccc2c1CS(C)(=O)=O. The molecule has 5 nitrogen and oxygen atoms in total. The van der Waals surface area contributed by atoms with Crippen molar-refractivity contribution in [3.8, 4) is 0 Å². The van der Waals surface area contributed by atoms with E-state index in [2.05, 4.69) is 5.32 Å². The number of fused-ring (bicyclic) bond motifs is 1. The van der Waals surface area contributed by atoms with Gasteiger partial charge < -0.3 is 9.73 Å². The molecule has 0 spiro atoms. The van der Waals surface area contributed by atoms with Crippen LogP contribution in [0.1, 0.15) is 35.5 Å². The molecule has 0 saturated carbocycles. The molecule has 7 heteroatoms. The molecule has 0 saturated heterocycles. The van der Waals surface area contributed by atoms with Gasteiger partial charge in [-0.15, -0.1) is 0 Å². The Morgan fingerprint density at radius 3 is 2.43 bits per heavy atom. The lowest BCUT2D eigenvalue weighted by Crippen LogP contribution is -2.45. The molecule has 2 aromatic carbocycles. The predicted octanol–water partition coefficient (Wildman–Crippen LogP) is 4.38. The highest BCUT2D eigenvalue weighted by Crippen LogP contribution is 2.28. The van der Waals surface area contributed by atoms with E-state index >= 15 is 0 Å². The summed E-state index contributed by atoms with van der Waals surface area (Å²) in [5.74, 6) is -0.691. The lowest BCUT2D eigenvalue weighted by Gasteiger charge is -2.26. The second-order valence-corrected chi connectivity index (χ2v) is 10.1. The first kappa shape index (κ1) is 20.4. The van der Waals surface area contributed by atoms with Crippen molar-refractivity contribution in [3.63, 3.8) is 0 Å². The number of hydrogen-bond donors (Lipinski definition) is 1. The predicted molar refractivity (Wildman–Crippen MR) is 111 cm³/mol. The molecule has 1 amide bonds. The van der Waals surface area contributed by atoms with Gasteiger partial charge in [0, 0.05) is 27.8 Å². The van der Waals surface area contributed by atoms with E-state index < -0.39 is 21.3 Å². The smallest absolute Gasteiger partial charge is 0.287 e. The molecule has 0 aliphatic carbocycles. The summed E-state index contributed by atoms with van der Waals surface area (Å²) in [5, 5.41) is 4.21. The van der Waals surface area contributed by atoms with Crippen molar-refractivity contribution in [3.05, 3.63) is 70.4 Å². The van der Waals surface area contributed by atoms with E-state index in [-0.39, 0.29) is 11.5 Å². The molecular formula is C21H22ClNO4S. The number of furan rings is 1. The summed E-state index contributed by atoms with van der Waals surface area (Å²) in [6, 6.07) is 14.5. The van der Waals surface area contributed by atoms with Gasteiger partial charge in [0.05, 0.1) is 5.75 Å². The maximum Gasteiger partial charge on any atom is 0.287 e. The van der Waals surface area contributed by atoms with Crippen molar-refractivity contribution in [2.24, 2.45) is 0 Å². The number of amides is 1. The summed E-state index contributed by atoms with van der Waals surface area (Å²) in [5.41, 5.74) is 1.15. The molecule has 0 radical (unpaired) electrons. The van der Waals surface area contributed by atoms with Crippen LogP contribution >= 0.6 is 11.6 Å². The highest BCUT2D eigenvalue weighted by Gasteiger charge is 2.28. The summed E-state index contributed by atoms with van der Waals surface area (Å²) in [4.78, 5) is 13.0. The standard InChI is InChI=1S/C21H22ClNO4S/c1-21(2,12-14-8-4-6-10-17(14)22)23-20(24)19-16(13-28(3,25)26)15-9-5-7-11-18(15)27-19/h4-11H,12-13H2,1-3H3,(H,23,24). The van der Waals surface area contributed by atoms with Gasteiger partial charge in [0.1, 0.15) is 5.58 Å². The van der Waals surface area contributed by atoms with E-state index in [1.807, 2.05) is 32.0 Å². The molecule has 0 fully saturated rings. The van der Waals surface area contributed by atoms with Gasteiger partial charge in [-0.3, -0.25) is 4.79 Å². The molecular weight excluding hydrogens is 398 g/mol. The number of para-hydroxylation sites is 1. The zero-order valence-electron chi connectivity index (χ0n) is 16.0. The average molecular weight is 420 g/mol. The third-order valence-corrected chi connectivity index (χ3v) is 5.53. The Morgan fingerprint density at radius 2 is 1.75 bits per heavy atom. The summed E-state index contributed by atoms with van der Waals surface area (Å²) in [6.07, 6.45) is 1.65. The van der Waals surface area contributed by atoms with Gasteiger partial charge in [-0.1, -0.05) is 48.0 Å². The largest absolute Gasteiger partial charge is 0.451 e. The van der Waals surface area contributed by atoms with Crippen LogP contribution < -0.4 is 5.32 Å². The molecule has 28 heavy (non-hydrogen) atoms. The van der Waals surface area contributed by atoms with Gasteiger partial charge in [-0.05, 0) is 38.0 Å². The van der Waals surface area contributed by atoms with Crippen LogP contribution in [0.3, 0.4) is 0 Å². The van der Waals surface area contributed by atoms with Crippen LogP contribution in [-0.4, -0.2) is 26.1 Å². The number of rotatable bonds is 6. The molecule has 0 atom stereocenters. The van der Waals surface area contributed by atoms with Crippen molar-refractivity contribution in [2.75, 3.05) is 6.26 Å². The van der Waals surface area contributed by atoms with E-state index in [1.54, 1.807) is 30.3 Å². The Kier molecular flexibility index (Phi) is 5.55. The monoisotopic (exact) mass is 419 g/mol. The summed E-state index contributed by atoms with van der Waals surface area (Å²) in [7, 11) is -3.35. The minimum Gasteiger partial charge on any atom is -0.451 e. The van der Waals surface area contributed by atoms with E-state index in [0.29, 0.717) is 28.0 Å². The van der Waals surface area contributed by atoms with Crippen molar-refractivity contribution in [1.82, 2.24) is 5.32 Å². The number of sulfone groups is 1. The number of carbonyl (C=O) groups excluding carboxylic acids is 1. The Balaban J connectivity index is 1.92. The number of halogens is 1. The molecule has 1 heterocycles. The zero-order chi connectivity index (χ0) is 20.5. The summed E-state index contributed by atoms with van der Waals surface area (Å²) >= 11 is 6.24. The maximum absolute atomic E-state index is 13.0. The van der Waals surface area contributed by atoms with Gasteiger partial charge in [0.25, 0.3) is 5.91 Å². The highest BCUT2D eigenvalue weighted by atomic mass is 35.5. The molecule has 3 rings (SSSR count). The van der Waals surface area contributed by atoms with Gasteiger partial charge in [-0.2, -0.15) is 0 Å². The summed E-state index contributed by atoms with van der Waals surface area (Å²) < 4.78 is 29.5. The van der Waals surface area contributed by atoms with E-state index in [4.69, 9.17) is 16.0 Å². The number of benzene rings is 2. The lowest BCUT2D eigenvalue weighted by atomic mass is 9.94. The zero-order valence-corrected chi connectivity index (χ0v) is 17.5. The van der Waals surface area contributed by atoms with Crippen molar-refractivity contribution >= 4 is 38.3 Å². The Bertz CT molecular complexity index is 1130. The van der Waals surface area contributed by atoms with Gasteiger partial charge >= 0.3 is 0 Å². The second kappa shape index (κ2) is 7.60. The molecule has 0 aliphatic heterocycles. The van der Waals surface area contributed by atoms with Crippen LogP contribution in [0.4, 0.5) is 0 Å². The summed E-state index contributed by atoms with van der Waals surface area (Å²) in [6.45, 7) is 3.76. The van der Waals surface area contributed by atoms with Crippen LogP contribution in [0.2, 0.25) is 5.02 Å². The first-order valence-corrected chi connectivity index (χ1v) is 11.2. The normalized spacial score (nSPS) is 12.3. The van der Waals surface area contributed by atoms with E-state index in [1.165, 1.54) is 0 Å². The second-order valence-electron chi connectivity index (χ2n) is 7.58. The Hall–Kier alpha value is -2.31. The van der Waals surface area contributed by atoms with Crippen LogP contribution in [0.5, 0.6) is 0 Å². The highest BCUT2D eigenvalue weighted by molar-refractivity contribution is 7.89. The Labute approximate surface area is 169 Å². The number of hydrogen-bond acceptors (Lipinski definition) is 4. The average Bonchev–Trinajstić information content (AvgIpc) is 2.94. The van der Waals surface area contributed by atoms with Crippen LogP contribution in [-0.2, 0) is 22.0 Å². The van der Waals surface area contributed by atoms with Crippen molar-refractivity contribution in [1.29, 1.82) is 0 Å². The third kappa shape index (κ3) is 4.75. The fraction of sp³-hybridized carbons (Fsp3) is 0.286. The van der Waals surface area contributed by atoms with Crippen LogP contribution in [0.15, 0.2) is 52.9 Å². The van der Waals surface area contributed by atoms with Gasteiger partial charge in [-0.25, -0.2) is 8.42 Å². The minimum absolute atomic E-state index is 0.0267. The first-order chi connectivity index (χ1) is 13.1. The van der Waals surface area contributed by atoms with Gasteiger partial charge in [0.2, 0.25) is 0 Å². The number of carbonyl (C=O) groups is 1. The third-order valence-electron chi connectivity index (χ3n) is 4.35. The van der Waals surface area contributed by atoms with Crippen molar-refractivity contribution < 1.29 is 17.6 Å². The van der Waals surface area contributed by atoms with Gasteiger partial charge in [0.15, 0.2) is 15.6 Å². The fourth-order valence-corrected chi connectivity index (χ4v) is 4.23.